The lowest BCUT2D eigenvalue weighted by atomic mass is 10.1. The van der Waals surface area contributed by atoms with Crippen LogP contribution in [0.3, 0.4) is 0 Å². The van der Waals surface area contributed by atoms with Crippen LogP contribution in [-0.4, -0.2) is 38.0 Å². The summed E-state index contributed by atoms with van der Waals surface area (Å²) in [7, 11) is 0. The van der Waals surface area contributed by atoms with Crippen LogP contribution in [0.2, 0.25) is 0 Å². The van der Waals surface area contributed by atoms with Gasteiger partial charge in [0.2, 0.25) is 0 Å². The summed E-state index contributed by atoms with van der Waals surface area (Å²) >= 11 is 4.64. The van der Waals surface area contributed by atoms with Crippen LogP contribution in [0.4, 0.5) is 5.69 Å². The Morgan fingerprint density at radius 1 is 1.46 bits per heavy atom. The van der Waals surface area contributed by atoms with Gasteiger partial charge in [-0.2, -0.15) is 0 Å². The van der Waals surface area contributed by atoms with Crippen molar-refractivity contribution in [3.63, 3.8) is 0 Å². The molecule has 0 saturated heterocycles. The van der Waals surface area contributed by atoms with E-state index < -0.39 is 6.10 Å². The fourth-order valence-corrected chi connectivity index (χ4v) is 2.40. The Hall–Kier alpha value is -1.68. The number of ether oxygens (including phenoxy) is 1. The van der Waals surface area contributed by atoms with E-state index in [9.17, 15) is 4.79 Å². The first-order valence-corrected chi connectivity index (χ1v) is 9.08. The third-order valence-electron chi connectivity index (χ3n) is 3.40. The maximum absolute atomic E-state index is 12.1. The van der Waals surface area contributed by atoms with Gasteiger partial charge in [0.15, 0.2) is 6.10 Å². The zero-order valence-electron chi connectivity index (χ0n) is 15.6. The molecule has 1 aromatic rings. The molecule has 5 heteroatoms. The summed E-state index contributed by atoms with van der Waals surface area (Å²) in [6, 6.07) is 5.97. The number of likely N-dealkylation sites (N-methyl/N-ethyl adjacent to an activating group) is 1. The van der Waals surface area contributed by atoms with Gasteiger partial charge in [-0.15, -0.1) is 18.2 Å². The Bertz CT molecular complexity index is 506. The maximum Gasteiger partial charge on any atom is 0.262 e. The monoisotopic (exact) mass is 354 g/mol. The number of nitrogens with one attached hydrogen (secondary N) is 1. The molecule has 0 spiro atoms. The Morgan fingerprint density at radius 2 is 2.08 bits per heavy atom. The second-order valence-corrected chi connectivity index (χ2v) is 5.27. The molecule has 0 radical (unpaired) electrons. The number of para-hydroxylation sites is 1. The molecule has 1 aliphatic rings. The van der Waals surface area contributed by atoms with Gasteiger partial charge < -0.3 is 15.0 Å². The topological polar surface area (TPSA) is 41.6 Å². The molecule has 0 fully saturated rings. The third-order valence-corrected chi connectivity index (χ3v) is 3.40. The molecule has 2 rings (SSSR count). The van der Waals surface area contributed by atoms with Crippen LogP contribution in [0, 0.1) is 6.92 Å². The summed E-state index contributed by atoms with van der Waals surface area (Å²) in [6.45, 7) is 13.7. The Kier molecular flexibility index (Phi) is 11.8. The number of amides is 1. The van der Waals surface area contributed by atoms with Gasteiger partial charge in [0, 0.05) is 19.5 Å². The zero-order chi connectivity index (χ0) is 18.5. The lowest BCUT2D eigenvalue weighted by Gasteiger charge is -2.36. The highest BCUT2D eigenvalue weighted by Gasteiger charge is 2.30. The van der Waals surface area contributed by atoms with Crippen LogP contribution in [0.5, 0.6) is 5.75 Å². The molecule has 1 amide bonds. The van der Waals surface area contributed by atoms with Crippen molar-refractivity contribution in [3.8, 4) is 5.75 Å². The summed E-state index contributed by atoms with van der Waals surface area (Å²) < 4.78 is 5.85. The van der Waals surface area contributed by atoms with Gasteiger partial charge in [-0.05, 0) is 38.8 Å². The number of carbonyl (C=O) groups excluding carboxylic acids is 1. The first-order valence-electron chi connectivity index (χ1n) is 8.32. The van der Waals surface area contributed by atoms with E-state index in [1.165, 1.54) is 11.9 Å². The molecular formula is C19H31ClN2O2. The standard InChI is InChI=1S/C15H22N2O2.C3H6.CH3Cl/c1-4-9-16-15(18)13-10-17(5-2)14-11(3)7-6-8-12(14)19-13;1-3-2;1-2/h6-8,13H,4-5,9-10H2,1-3H3,(H,16,18);3H,1H2,2H3;1H3. The number of benzene rings is 1. The van der Waals surface area contributed by atoms with Gasteiger partial charge in [-0.25, -0.2) is 0 Å². The molecule has 0 bridgehead atoms. The number of hydrogen-bond acceptors (Lipinski definition) is 3. The van der Waals surface area contributed by atoms with Gasteiger partial charge in [-0.3, -0.25) is 4.79 Å². The fraction of sp³-hybridized carbons (Fsp3) is 0.526. The van der Waals surface area contributed by atoms with Crippen LogP contribution in [0.15, 0.2) is 30.9 Å². The van der Waals surface area contributed by atoms with Crippen LogP contribution in [-0.2, 0) is 4.79 Å². The van der Waals surface area contributed by atoms with Crippen molar-refractivity contribution >= 4 is 23.2 Å². The van der Waals surface area contributed by atoms with E-state index in [4.69, 9.17) is 4.74 Å². The van der Waals surface area contributed by atoms with E-state index in [1.807, 2.05) is 26.0 Å². The van der Waals surface area contributed by atoms with Crippen molar-refractivity contribution in [2.45, 2.75) is 40.2 Å². The second kappa shape index (κ2) is 12.7. The Morgan fingerprint density at radius 3 is 2.62 bits per heavy atom. The number of alkyl halides is 1. The normalized spacial score (nSPS) is 14.8. The quantitative estimate of drug-likeness (QED) is 0.652. The van der Waals surface area contributed by atoms with E-state index in [-0.39, 0.29) is 5.91 Å². The summed E-state index contributed by atoms with van der Waals surface area (Å²) in [4.78, 5) is 14.3. The minimum Gasteiger partial charge on any atom is -0.477 e. The lowest BCUT2D eigenvalue weighted by Crippen LogP contribution is -2.49. The minimum absolute atomic E-state index is 0.0209. The van der Waals surface area contributed by atoms with Gasteiger partial charge in [-0.1, -0.05) is 25.1 Å². The maximum atomic E-state index is 12.1. The number of fused-ring (bicyclic) bond motifs is 1. The number of nitrogens with zero attached hydrogens (tertiary/aromatic N) is 1. The van der Waals surface area contributed by atoms with Crippen LogP contribution in [0.1, 0.15) is 32.8 Å². The number of halogens is 1. The third kappa shape index (κ3) is 6.44. The molecular weight excluding hydrogens is 324 g/mol. The summed E-state index contributed by atoms with van der Waals surface area (Å²) in [5.41, 5.74) is 2.30. The van der Waals surface area contributed by atoms with Gasteiger partial charge in [0.05, 0.1) is 12.2 Å². The highest BCUT2D eigenvalue weighted by Crippen LogP contribution is 2.35. The van der Waals surface area contributed by atoms with Gasteiger partial charge in [0.1, 0.15) is 5.75 Å². The Labute approximate surface area is 151 Å². The molecule has 1 aliphatic heterocycles. The van der Waals surface area contributed by atoms with Crippen molar-refractivity contribution in [1.82, 2.24) is 5.32 Å². The van der Waals surface area contributed by atoms with Crippen LogP contribution in [0.25, 0.3) is 0 Å². The summed E-state index contributed by atoms with van der Waals surface area (Å²) in [5, 5.41) is 2.90. The largest absolute Gasteiger partial charge is 0.477 e. The second-order valence-electron chi connectivity index (χ2n) is 5.27. The summed E-state index contributed by atoms with van der Waals surface area (Å²) in [5.74, 6) is 0.789. The number of hydrogen-bond donors (Lipinski definition) is 1. The van der Waals surface area contributed by atoms with E-state index in [1.54, 1.807) is 6.08 Å². The molecule has 0 aromatic heterocycles. The number of carbonyl (C=O) groups is 1. The van der Waals surface area contributed by atoms with Crippen molar-refractivity contribution in [3.05, 3.63) is 36.4 Å². The molecule has 1 N–H and O–H groups in total. The number of anilines is 1. The van der Waals surface area contributed by atoms with Crippen molar-refractivity contribution in [2.75, 3.05) is 30.9 Å². The summed E-state index contributed by atoms with van der Waals surface area (Å²) in [6.07, 6.45) is 3.74. The fourth-order valence-electron chi connectivity index (χ4n) is 2.40. The molecule has 24 heavy (non-hydrogen) atoms. The molecule has 0 aliphatic carbocycles. The van der Waals surface area contributed by atoms with Crippen LogP contribution < -0.4 is 15.0 Å². The molecule has 136 valence electrons. The van der Waals surface area contributed by atoms with E-state index in [0.29, 0.717) is 13.1 Å². The van der Waals surface area contributed by atoms with E-state index >= 15 is 0 Å². The molecule has 1 unspecified atom stereocenters. The number of aryl methyl sites for hydroxylation is 1. The molecule has 0 saturated carbocycles. The smallest absolute Gasteiger partial charge is 0.262 e. The molecule has 1 heterocycles. The van der Waals surface area contributed by atoms with Gasteiger partial charge in [0.25, 0.3) is 5.91 Å². The predicted molar refractivity (Wildman–Crippen MR) is 104 cm³/mol. The Balaban J connectivity index is 0.000000952. The molecule has 4 nitrogen and oxygen atoms in total. The number of allylic oxidation sites excluding steroid dienone is 1. The SMILES string of the molecule is C=CC.CCCNC(=O)C1CN(CC)c2c(C)cccc2O1.CCl. The predicted octanol–water partition coefficient (Wildman–Crippen LogP) is 4.16. The first kappa shape index (κ1) is 22.3. The molecule has 1 atom stereocenters. The first-order chi connectivity index (χ1) is 11.6. The highest BCUT2D eigenvalue weighted by atomic mass is 35.5. The average molecular weight is 355 g/mol. The van der Waals surface area contributed by atoms with Gasteiger partial charge >= 0.3 is 0 Å². The van der Waals surface area contributed by atoms with Crippen molar-refractivity contribution in [1.29, 1.82) is 0 Å². The minimum atomic E-state index is -0.416. The lowest BCUT2D eigenvalue weighted by molar-refractivity contribution is -0.127. The highest BCUT2D eigenvalue weighted by molar-refractivity contribution is 6.15. The van der Waals surface area contributed by atoms with Crippen molar-refractivity contribution in [2.24, 2.45) is 0 Å². The van der Waals surface area contributed by atoms with E-state index in [2.05, 4.69) is 48.3 Å². The average Bonchev–Trinajstić information content (AvgIpc) is 2.61. The number of rotatable bonds is 4. The zero-order valence-corrected chi connectivity index (χ0v) is 16.3. The van der Waals surface area contributed by atoms with E-state index in [0.717, 1.165) is 24.4 Å². The van der Waals surface area contributed by atoms with Crippen molar-refractivity contribution < 1.29 is 9.53 Å². The molecule has 1 aromatic carbocycles. The van der Waals surface area contributed by atoms with Crippen LogP contribution >= 0.6 is 11.6 Å².